The summed E-state index contributed by atoms with van der Waals surface area (Å²) >= 11 is 1.32. The number of thioether (sulfide) groups is 1. The van der Waals surface area contributed by atoms with E-state index in [1.165, 1.54) is 54.5 Å². The van der Waals surface area contributed by atoms with Crippen LogP contribution < -0.4 is 21.7 Å². The smallest absolute Gasteiger partial charge is 0.246 e. The first-order valence-electron chi connectivity index (χ1n) is 15.2. The van der Waals surface area contributed by atoms with E-state index in [1.807, 2.05) is 27.7 Å². The second-order valence-electron chi connectivity index (χ2n) is 12.2. The summed E-state index contributed by atoms with van der Waals surface area (Å²) in [4.78, 5) is 93.3. The van der Waals surface area contributed by atoms with Crippen molar-refractivity contribution in [3.8, 4) is 0 Å². The Morgan fingerprint density at radius 3 is 1.76 bits per heavy atom. The predicted molar refractivity (Wildman–Crippen MR) is 175 cm³/mol. The quantitative estimate of drug-likeness (QED) is 0.147. The molecule has 5 N–H and O–H groups in total. The summed E-state index contributed by atoms with van der Waals surface area (Å²) in [6.07, 6.45) is 2.69. The van der Waals surface area contributed by atoms with Crippen LogP contribution in [0.25, 0.3) is 0 Å². The first-order chi connectivity index (χ1) is 20.8. The van der Waals surface area contributed by atoms with Gasteiger partial charge in [-0.3, -0.25) is 33.6 Å². The Morgan fingerprint density at radius 1 is 0.778 bits per heavy atom. The predicted octanol–water partition coefficient (Wildman–Crippen LogP) is -0.199. The molecule has 45 heavy (non-hydrogen) atoms. The monoisotopic (exact) mass is 657 g/mol. The molecule has 0 fully saturated rings. The summed E-state index contributed by atoms with van der Waals surface area (Å²) in [7, 11) is 4.46. The molecule has 15 heteroatoms. The number of amides is 7. The van der Waals surface area contributed by atoms with Crippen molar-refractivity contribution in [2.45, 2.75) is 85.5 Å². The highest BCUT2D eigenvalue weighted by Gasteiger charge is 2.36. The zero-order chi connectivity index (χ0) is 35.2. The summed E-state index contributed by atoms with van der Waals surface area (Å²) in [5.74, 6) is -3.88. The van der Waals surface area contributed by atoms with Crippen molar-refractivity contribution in [3.63, 3.8) is 0 Å². The molecule has 5 atom stereocenters. The van der Waals surface area contributed by atoms with Crippen molar-refractivity contribution >= 4 is 53.1 Å². The third-order valence-corrected chi connectivity index (χ3v) is 8.35. The second-order valence-corrected chi connectivity index (χ2v) is 13.1. The van der Waals surface area contributed by atoms with Gasteiger partial charge in [-0.15, -0.1) is 0 Å². The van der Waals surface area contributed by atoms with E-state index in [-0.39, 0.29) is 48.9 Å². The summed E-state index contributed by atoms with van der Waals surface area (Å²) in [6.45, 7) is 11.6. The molecular weight excluding hydrogens is 602 g/mol. The Morgan fingerprint density at radius 2 is 1.31 bits per heavy atom. The van der Waals surface area contributed by atoms with Crippen LogP contribution in [0.3, 0.4) is 0 Å². The summed E-state index contributed by atoms with van der Waals surface area (Å²) < 4.78 is 0. The van der Waals surface area contributed by atoms with E-state index in [2.05, 4.69) is 16.0 Å². The largest absolute Gasteiger partial charge is 0.368 e. The van der Waals surface area contributed by atoms with Crippen molar-refractivity contribution in [2.24, 2.45) is 23.5 Å². The lowest BCUT2D eigenvalue weighted by atomic mass is 9.97. The molecule has 0 saturated heterocycles. The number of likely N-dealkylation sites (N-methyl/N-ethyl adjacent to an activating group) is 3. The topological polar surface area (TPSA) is 191 Å². The summed E-state index contributed by atoms with van der Waals surface area (Å²) in [5, 5.41) is 7.83. The van der Waals surface area contributed by atoms with Gasteiger partial charge >= 0.3 is 0 Å². The number of rotatable bonds is 19. The molecule has 0 spiro atoms. The van der Waals surface area contributed by atoms with Crippen LogP contribution in [0.4, 0.5) is 0 Å². The van der Waals surface area contributed by atoms with Crippen molar-refractivity contribution in [1.29, 1.82) is 0 Å². The molecular formula is C30H55N7O7S. The first-order valence-corrected chi connectivity index (χ1v) is 16.6. The fraction of sp³-hybridized carbons (Fsp3) is 0.767. The molecule has 258 valence electrons. The lowest BCUT2D eigenvalue weighted by Crippen LogP contribution is -2.59. The van der Waals surface area contributed by atoms with Crippen LogP contribution in [-0.2, 0) is 33.6 Å². The summed E-state index contributed by atoms with van der Waals surface area (Å²) in [5.41, 5.74) is 5.14. The molecule has 5 unspecified atom stereocenters. The van der Waals surface area contributed by atoms with Crippen molar-refractivity contribution < 1.29 is 33.6 Å². The van der Waals surface area contributed by atoms with E-state index in [9.17, 15) is 33.6 Å². The third-order valence-electron chi connectivity index (χ3n) is 7.69. The average molecular weight is 658 g/mol. The Balaban J connectivity index is 5.92. The van der Waals surface area contributed by atoms with Crippen molar-refractivity contribution in [1.82, 2.24) is 30.7 Å². The van der Waals surface area contributed by atoms with E-state index in [0.717, 1.165) is 0 Å². The van der Waals surface area contributed by atoms with Crippen molar-refractivity contribution in [2.75, 3.05) is 46.2 Å². The van der Waals surface area contributed by atoms with Crippen LogP contribution >= 0.6 is 11.8 Å². The lowest BCUT2D eigenvalue weighted by molar-refractivity contribution is -0.145. The molecule has 14 nitrogen and oxygen atoms in total. The van der Waals surface area contributed by atoms with Crippen LogP contribution in [0.15, 0.2) is 0 Å². The minimum absolute atomic E-state index is 0.00115. The fourth-order valence-corrected chi connectivity index (χ4v) is 5.44. The second kappa shape index (κ2) is 19.9. The molecule has 7 amide bonds. The van der Waals surface area contributed by atoms with E-state index >= 15 is 0 Å². The highest BCUT2D eigenvalue weighted by Crippen LogP contribution is 2.16. The van der Waals surface area contributed by atoms with Crippen LogP contribution in [0.2, 0.25) is 0 Å². The molecule has 0 aliphatic carbocycles. The van der Waals surface area contributed by atoms with Gasteiger partial charge in [0, 0.05) is 33.8 Å². The minimum Gasteiger partial charge on any atom is -0.368 e. The minimum atomic E-state index is -1.01. The molecule has 0 aliphatic rings. The molecule has 0 rings (SSSR count). The zero-order valence-electron chi connectivity index (χ0n) is 28.8. The summed E-state index contributed by atoms with van der Waals surface area (Å²) in [6, 6.07) is -3.66. The number of hydrogen-bond acceptors (Lipinski definition) is 8. The van der Waals surface area contributed by atoms with E-state index in [1.54, 1.807) is 20.1 Å². The molecule has 0 aromatic rings. The van der Waals surface area contributed by atoms with Gasteiger partial charge in [0.05, 0.1) is 13.1 Å². The van der Waals surface area contributed by atoms with Gasteiger partial charge in [-0.25, -0.2) is 0 Å². The fourth-order valence-electron chi connectivity index (χ4n) is 4.89. The van der Waals surface area contributed by atoms with Gasteiger partial charge in [0.2, 0.25) is 41.4 Å². The van der Waals surface area contributed by atoms with Crippen LogP contribution in [-0.4, -0.2) is 126 Å². The standard InChI is InChI=1S/C30H55N7O7S/c1-12-19(6)26(35(8)20(7)38)29(43)33-15-24(40)36(9)22(13-17(2)3)27(41)34-21(16-45-11)30(44)37(10)25(18(4)5)28(42)32-14-23(31)39/h17-19,21-22,25-26H,12-16H2,1-11H3,(H2,31,39)(H,32,42)(H,33,43)(H,34,41). The maximum atomic E-state index is 13.6. The maximum absolute atomic E-state index is 13.6. The van der Waals surface area contributed by atoms with Gasteiger partial charge in [-0.05, 0) is 30.4 Å². The molecule has 0 aliphatic heterocycles. The van der Waals surface area contributed by atoms with Gasteiger partial charge in [0.25, 0.3) is 0 Å². The van der Waals surface area contributed by atoms with Gasteiger partial charge in [0.15, 0.2) is 0 Å². The number of primary amides is 1. The molecule has 0 heterocycles. The Labute approximate surface area is 272 Å². The van der Waals surface area contributed by atoms with Gasteiger partial charge in [-0.2, -0.15) is 11.8 Å². The normalized spacial score (nSPS) is 14.4. The van der Waals surface area contributed by atoms with Gasteiger partial charge in [0.1, 0.15) is 24.2 Å². The molecule has 0 aromatic heterocycles. The van der Waals surface area contributed by atoms with E-state index < -0.39 is 59.6 Å². The van der Waals surface area contributed by atoms with Crippen LogP contribution in [0.1, 0.15) is 61.3 Å². The Hall–Kier alpha value is -3.36. The van der Waals surface area contributed by atoms with Gasteiger partial charge in [-0.1, -0.05) is 48.0 Å². The van der Waals surface area contributed by atoms with E-state index in [0.29, 0.717) is 6.42 Å². The zero-order valence-corrected chi connectivity index (χ0v) is 29.6. The SMILES string of the molecule is CCC(C)C(C(=O)NCC(=O)N(C)C(CC(C)C)C(=O)NC(CSC)C(=O)N(C)C(C(=O)NCC(N)=O)C(C)C)N(C)C(C)=O. The van der Waals surface area contributed by atoms with E-state index in [4.69, 9.17) is 5.73 Å². The first kappa shape index (κ1) is 41.6. The average Bonchev–Trinajstić information content (AvgIpc) is 2.95. The van der Waals surface area contributed by atoms with Crippen LogP contribution in [0, 0.1) is 17.8 Å². The number of nitrogens with two attached hydrogens (primary N) is 1. The number of hydrogen-bond donors (Lipinski definition) is 4. The van der Waals surface area contributed by atoms with Crippen LogP contribution in [0.5, 0.6) is 0 Å². The molecule has 0 saturated carbocycles. The van der Waals surface area contributed by atoms with Crippen molar-refractivity contribution in [3.05, 3.63) is 0 Å². The number of nitrogens with zero attached hydrogens (tertiary/aromatic N) is 3. The lowest BCUT2D eigenvalue weighted by Gasteiger charge is -2.34. The molecule has 0 aromatic carbocycles. The highest BCUT2D eigenvalue weighted by molar-refractivity contribution is 7.98. The van der Waals surface area contributed by atoms with Gasteiger partial charge < -0.3 is 36.4 Å². The molecule has 0 bridgehead atoms. The third kappa shape index (κ3) is 13.3. The highest BCUT2D eigenvalue weighted by atomic mass is 32.2. The Bertz CT molecular complexity index is 1060. The maximum Gasteiger partial charge on any atom is 0.246 e. The number of carbonyl (C=O) groups is 7. The number of carbonyl (C=O) groups excluding carboxylic acids is 7. The number of nitrogens with one attached hydrogen (secondary N) is 3. The Kier molecular flexibility index (Phi) is 18.4. The molecule has 0 radical (unpaired) electrons.